The number of rotatable bonds is 4. The molecule has 0 spiro atoms. The Hall–Kier alpha value is -1.33. The quantitative estimate of drug-likeness (QED) is 0.871. The van der Waals surface area contributed by atoms with E-state index in [0.717, 1.165) is 12.8 Å². The minimum absolute atomic E-state index is 0.234. The molecule has 0 heterocycles. The Morgan fingerprint density at radius 1 is 1.44 bits per heavy atom. The summed E-state index contributed by atoms with van der Waals surface area (Å²) < 4.78 is 0. The van der Waals surface area contributed by atoms with Crippen LogP contribution in [-0.2, 0) is 0 Å². The molecule has 1 aliphatic rings. The smallest absolute Gasteiger partial charge is 0.110 e. The molecule has 2 heteroatoms. The highest BCUT2D eigenvalue weighted by atomic mass is 15.0. The summed E-state index contributed by atoms with van der Waals surface area (Å²) in [4.78, 5) is 0. The van der Waals surface area contributed by atoms with Crippen molar-refractivity contribution in [1.29, 1.82) is 5.26 Å². The highest BCUT2D eigenvalue weighted by Crippen LogP contribution is 2.39. The number of nitrogens with one attached hydrogen (secondary N) is 1. The van der Waals surface area contributed by atoms with E-state index >= 15 is 0 Å². The third-order valence-corrected chi connectivity index (χ3v) is 4.29. The molecule has 0 radical (unpaired) electrons. The van der Waals surface area contributed by atoms with Crippen LogP contribution in [0, 0.1) is 17.2 Å². The summed E-state index contributed by atoms with van der Waals surface area (Å²) in [6, 6.07) is 13.2. The van der Waals surface area contributed by atoms with Crippen molar-refractivity contribution in [2.24, 2.45) is 5.92 Å². The Morgan fingerprint density at radius 2 is 2.17 bits per heavy atom. The largest absolute Gasteiger partial charge is 0.293 e. The molecule has 1 aliphatic carbocycles. The van der Waals surface area contributed by atoms with E-state index in [9.17, 15) is 5.26 Å². The molecule has 0 saturated heterocycles. The Balaban J connectivity index is 2.14. The molecular formula is C16H22N2. The molecule has 18 heavy (non-hydrogen) atoms. The maximum Gasteiger partial charge on any atom is 0.110 e. The summed E-state index contributed by atoms with van der Waals surface area (Å²) in [6.07, 6.45) is 4.42. The van der Waals surface area contributed by atoms with Gasteiger partial charge in [0.05, 0.1) is 6.07 Å². The minimum atomic E-state index is -0.315. The van der Waals surface area contributed by atoms with Gasteiger partial charge in [0.25, 0.3) is 0 Å². The van der Waals surface area contributed by atoms with Gasteiger partial charge in [-0.3, -0.25) is 5.32 Å². The van der Waals surface area contributed by atoms with Gasteiger partial charge in [-0.25, -0.2) is 0 Å². The Bertz CT molecular complexity index is 420. The highest BCUT2D eigenvalue weighted by molar-refractivity contribution is 5.22. The van der Waals surface area contributed by atoms with Crippen LogP contribution in [0.1, 0.15) is 51.1 Å². The van der Waals surface area contributed by atoms with E-state index < -0.39 is 0 Å². The third-order valence-electron chi connectivity index (χ3n) is 4.29. The van der Waals surface area contributed by atoms with Gasteiger partial charge >= 0.3 is 0 Å². The Morgan fingerprint density at radius 3 is 2.78 bits per heavy atom. The maximum absolute atomic E-state index is 9.60. The maximum atomic E-state index is 9.60. The molecule has 1 aromatic rings. The number of nitrogens with zero attached hydrogens (tertiary/aromatic N) is 1. The first kappa shape index (κ1) is 13.1. The second-order valence-corrected chi connectivity index (χ2v) is 5.36. The van der Waals surface area contributed by atoms with E-state index in [2.05, 4.69) is 49.5 Å². The summed E-state index contributed by atoms with van der Waals surface area (Å²) in [5, 5.41) is 13.2. The Kier molecular flexibility index (Phi) is 4.04. The van der Waals surface area contributed by atoms with Crippen molar-refractivity contribution in [3.8, 4) is 6.07 Å². The first-order valence-corrected chi connectivity index (χ1v) is 6.95. The third kappa shape index (κ3) is 2.42. The van der Waals surface area contributed by atoms with Crippen LogP contribution in [0.5, 0.6) is 0 Å². The van der Waals surface area contributed by atoms with E-state index in [1.54, 1.807) is 0 Å². The first-order chi connectivity index (χ1) is 8.72. The standard InChI is InChI=1S/C16H22N2/c1-3-15-10-7-11-16(15,12-17)18-13(2)14-8-5-4-6-9-14/h4-6,8-9,13,15,18H,3,7,10-11H2,1-2H3/t13-,15-,16+/m1/s1. The lowest BCUT2D eigenvalue weighted by Gasteiger charge is -2.32. The van der Waals surface area contributed by atoms with Crippen molar-refractivity contribution in [2.75, 3.05) is 0 Å². The average Bonchev–Trinajstić information content (AvgIpc) is 2.83. The van der Waals surface area contributed by atoms with Gasteiger partial charge < -0.3 is 0 Å². The molecular weight excluding hydrogens is 220 g/mol. The van der Waals surface area contributed by atoms with E-state index in [-0.39, 0.29) is 11.6 Å². The molecule has 2 nitrogen and oxygen atoms in total. The fourth-order valence-corrected chi connectivity index (χ4v) is 3.21. The van der Waals surface area contributed by atoms with Crippen molar-refractivity contribution in [3.05, 3.63) is 35.9 Å². The van der Waals surface area contributed by atoms with Gasteiger partial charge in [-0.05, 0) is 31.2 Å². The van der Waals surface area contributed by atoms with Gasteiger partial charge in [0.2, 0.25) is 0 Å². The molecule has 1 aromatic carbocycles. The fraction of sp³-hybridized carbons (Fsp3) is 0.562. The zero-order valence-corrected chi connectivity index (χ0v) is 11.3. The molecule has 0 unspecified atom stereocenters. The van der Waals surface area contributed by atoms with Crippen molar-refractivity contribution >= 4 is 0 Å². The first-order valence-electron chi connectivity index (χ1n) is 6.95. The fourth-order valence-electron chi connectivity index (χ4n) is 3.21. The van der Waals surface area contributed by atoms with Gasteiger partial charge in [-0.1, -0.05) is 50.1 Å². The molecule has 3 atom stereocenters. The summed E-state index contributed by atoms with van der Waals surface area (Å²) in [7, 11) is 0. The van der Waals surface area contributed by atoms with E-state index in [1.165, 1.54) is 18.4 Å². The molecule has 96 valence electrons. The molecule has 0 aliphatic heterocycles. The molecule has 0 bridgehead atoms. The van der Waals surface area contributed by atoms with Crippen molar-refractivity contribution in [1.82, 2.24) is 5.32 Å². The predicted octanol–water partition coefficient (Wildman–Crippen LogP) is 3.81. The van der Waals surface area contributed by atoms with E-state index in [0.29, 0.717) is 5.92 Å². The number of benzene rings is 1. The van der Waals surface area contributed by atoms with Crippen LogP contribution in [0.2, 0.25) is 0 Å². The van der Waals surface area contributed by atoms with E-state index in [4.69, 9.17) is 0 Å². The number of hydrogen-bond donors (Lipinski definition) is 1. The second-order valence-electron chi connectivity index (χ2n) is 5.36. The lowest BCUT2D eigenvalue weighted by Crippen LogP contribution is -2.47. The monoisotopic (exact) mass is 242 g/mol. The Labute approximate surface area is 110 Å². The predicted molar refractivity (Wildman–Crippen MR) is 74.0 cm³/mol. The zero-order chi connectivity index (χ0) is 13.0. The van der Waals surface area contributed by atoms with Crippen LogP contribution in [0.3, 0.4) is 0 Å². The molecule has 2 rings (SSSR count). The van der Waals surface area contributed by atoms with E-state index in [1.807, 2.05) is 6.07 Å². The van der Waals surface area contributed by atoms with Crippen LogP contribution in [-0.4, -0.2) is 5.54 Å². The summed E-state index contributed by atoms with van der Waals surface area (Å²) >= 11 is 0. The van der Waals surface area contributed by atoms with Gasteiger partial charge in [0.1, 0.15) is 5.54 Å². The normalized spacial score (nSPS) is 28.8. The molecule has 0 amide bonds. The highest BCUT2D eigenvalue weighted by Gasteiger charge is 2.42. The van der Waals surface area contributed by atoms with Gasteiger partial charge in [-0.2, -0.15) is 5.26 Å². The summed E-state index contributed by atoms with van der Waals surface area (Å²) in [5.41, 5.74) is 0.943. The average molecular weight is 242 g/mol. The van der Waals surface area contributed by atoms with Crippen LogP contribution >= 0.6 is 0 Å². The molecule has 1 N–H and O–H groups in total. The van der Waals surface area contributed by atoms with Crippen LogP contribution < -0.4 is 5.32 Å². The van der Waals surface area contributed by atoms with Crippen molar-refractivity contribution < 1.29 is 0 Å². The zero-order valence-electron chi connectivity index (χ0n) is 11.3. The molecule has 0 aromatic heterocycles. The topological polar surface area (TPSA) is 35.8 Å². The van der Waals surface area contributed by atoms with Gasteiger partial charge in [-0.15, -0.1) is 0 Å². The van der Waals surface area contributed by atoms with Crippen LogP contribution in [0.15, 0.2) is 30.3 Å². The molecule has 1 fully saturated rings. The van der Waals surface area contributed by atoms with Crippen LogP contribution in [0.4, 0.5) is 0 Å². The van der Waals surface area contributed by atoms with Crippen molar-refractivity contribution in [2.45, 2.75) is 51.1 Å². The lowest BCUT2D eigenvalue weighted by molar-refractivity contribution is 0.283. The van der Waals surface area contributed by atoms with Gasteiger partial charge in [0.15, 0.2) is 0 Å². The van der Waals surface area contributed by atoms with Crippen molar-refractivity contribution in [3.63, 3.8) is 0 Å². The summed E-state index contributed by atoms with van der Waals surface area (Å²) in [6.45, 7) is 4.34. The number of nitriles is 1. The molecule has 1 saturated carbocycles. The summed E-state index contributed by atoms with van der Waals surface area (Å²) in [5.74, 6) is 0.494. The number of hydrogen-bond acceptors (Lipinski definition) is 2. The SMILES string of the molecule is CC[C@@H]1CCC[C@@]1(C#N)N[C@H](C)c1ccccc1. The van der Waals surface area contributed by atoms with Crippen LogP contribution in [0.25, 0.3) is 0 Å². The minimum Gasteiger partial charge on any atom is -0.293 e. The van der Waals surface area contributed by atoms with Gasteiger partial charge in [0, 0.05) is 6.04 Å². The lowest BCUT2D eigenvalue weighted by atomic mass is 9.85. The second kappa shape index (κ2) is 5.54.